The van der Waals surface area contributed by atoms with Crippen molar-refractivity contribution in [3.05, 3.63) is 63.9 Å². The number of benzene rings is 2. The van der Waals surface area contributed by atoms with Crippen LogP contribution < -0.4 is 10.6 Å². The van der Waals surface area contributed by atoms with E-state index >= 15 is 0 Å². The van der Waals surface area contributed by atoms with E-state index < -0.39 is 0 Å². The molecular weight excluding hydrogens is 291 g/mol. The molecule has 0 heterocycles. The van der Waals surface area contributed by atoms with Crippen LogP contribution in [0.15, 0.2) is 36.4 Å². The first kappa shape index (κ1) is 15.3. The van der Waals surface area contributed by atoms with Crippen LogP contribution in [0.25, 0.3) is 0 Å². The average molecular weight is 307 g/mol. The number of hydrogen-bond donors (Lipinski definition) is 2. The van der Waals surface area contributed by atoms with Crippen molar-refractivity contribution in [1.29, 1.82) is 0 Å². The minimum atomic E-state index is -0.352. The Kier molecular flexibility index (Phi) is 4.81. The highest BCUT2D eigenvalue weighted by molar-refractivity contribution is 6.31. The van der Waals surface area contributed by atoms with Gasteiger partial charge in [-0.25, -0.2) is 4.39 Å². The molecule has 2 rings (SSSR count). The van der Waals surface area contributed by atoms with E-state index in [4.69, 9.17) is 11.6 Å². The summed E-state index contributed by atoms with van der Waals surface area (Å²) in [7, 11) is 1.58. The van der Waals surface area contributed by atoms with Crippen LogP contribution in [0.2, 0.25) is 5.02 Å². The van der Waals surface area contributed by atoms with Gasteiger partial charge < -0.3 is 10.6 Å². The molecule has 0 saturated heterocycles. The number of hydrogen-bond acceptors (Lipinski definition) is 2. The number of carbonyl (C=O) groups is 1. The molecule has 21 heavy (non-hydrogen) atoms. The van der Waals surface area contributed by atoms with E-state index in [1.165, 1.54) is 6.07 Å². The molecule has 5 heteroatoms. The molecule has 0 radical (unpaired) electrons. The zero-order valence-electron chi connectivity index (χ0n) is 11.8. The van der Waals surface area contributed by atoms with Gasteiger partial charge >= 0.3 is 0 Å². The second-order valence-corrected chi connectivity index (χ2v) is 5.02. The Bertz CT molecular complexity index is 653. The summed E-state index contributed by atoms with van der Waals surface area (Å²) in [6.07, 6.45) is 0. The van der Waals surface area contributed by atoms with Crippen molar-refractivity contribution >= 4 is 23.2 Å². The maximum Gasteiger partial charge on any atom is 0.251 e. The molecule has 2 N–H and O–H groups in total. The minimum Gasteiger partial charge on any atom is -0.381 e. The number of amides is 1. The van der Waals surface area contributed by atoms with Crippen LogP contribution in [0, 0.1) is 12.7 Å². The Morgan fingerprint density at radius 2 is 1.95 bits per heavy atom. The molecule has 0 bridgehead atoms. The Hall–Kier alpha value is -2.07. The third kappa shape index (κ3) is 3.34. The van der Waals surface area contributed by atoms with Crippen molar-refractivity contribution in [2.45, 2.75) is 13.5 Å². The van der Waals surface area contributed by atoms with Crippen LogP contribution in [-0.4, -0.2) is 13.0 Å². The number of halogens is 2. The highest BCUT2D eigenvalue weighted by atomic mass is 35.5. The average Bonchev–Trinajstić information content (AvgIpc) is 2.47. The van der Waals surface area contributed by atoms with Gasteiger partial charge in [-0.1, -0.05) is 23.7 Å². The third-order valence-electron chi connectivity index (χ3n) is 3.32. The molecule has 3 nitrogen and oxygen atoms in total. The van der Waals surface area contributed by atoms with Crippen molar-refractivity contribution in [3.8, 4) is 0 Å². The first-order valence-corrected chi connectivity index (χ1v) is 6.91. The Labute approximate surface area is 128 Å². The lowest BCUT2D eigenvalue weighted by Crippen LogP contribution is -2.19. The van der Waals surface area contributed by atoms with Crippen molar-refractivity contribution < 1.29 is 9.18 Å². The van der Waals surface area contributed by atoms with E-state index in [-0.39, 0.29) is 18.3 Å². The highest BCUT2D eigenvalue weighted by Gasteiger charge is 2.11. The summed E-state index contributed by atoms with van der Waals surface area (Å²) in [6.45, 7) is 2.10. The molecule has 0 spiro atoms. The third-order valence-corrected chi connectivity index (χ3v) is 3.68. The van der Waals surface area contributed by atoms with Gasteiger partial charge in [0.15, 0.2) is 0 Å². The van der Waals surface area contributed by atoms with E-state index in [0.29, 0.717) is 16.1 Å². The van der Waals surface area contributed by atoms with Gasteiger partial charge in [-0.05, 0) is 36.8 Å². The zero-order chi connectivity index (χ0) is 15.4. The topological polar surface area (TPSA) is 41.1 Å². The van der Waals surface area contributed by atoms with Crippen LogP contribution in [0.3, 0.4) is 0 Å². The second kappa shape index (κ2) is 6.59. The smallest absolute Gasteiger partial charge is 0.251 e. The molecule has 2 aromatic rings. The van der Waals surface area contributed by atoms with Crippen LogP contribution in [0.1, 0.15) is 21.5 Å². The van der Waals surface area contributed by atoms with Gasteiger partial charge in [0.25, 0.3) is 5.91 Å². The maximum atomic E-state index is 13.7. The molecular formula is C16H16ClFN2O. The summed E-state index contributed by atoms with van der Waals surface area (Å²) in [5.41, 5.74) is 2.57. The normalized spacial score (nSPS) is 10.3. The van der Waals surface area contributed by atoms with Gasteiger partial charge in [0.05, 0.1) is 0 Å². The van der Waals surface area contributed by atoms with Gasteiger partial charge in [-0.3, -0.25) is 4.79 Å². The Balaban J connectivity index is 2.23. The van der Waals surface area contributed by atoms with Crippen molar-refractivity contribution in [2.24, 2.45) is 0 Å². The fraction of sp³-hybridized carbons (Fsp3) is 0.188. The van der Waals surface area contributed by atoms with Gasteiger partial charge in [-0.15, -0.1) is 0 Å². The molecule has 110 valence electrons. The monoisotopic (exact) mass is 306 g/mol. The summed E-state index contributed by atoms with van der Waals surface area (Å²) in [4.78, 5) is 11.7. The fourth-order valence-electron chi connectivity index (χ4n) is 2.09. The molecule has 1 amide bonds. The predicted octanol–water partition coefficient (Wildman–Crippen LogP) is 3.76. The van der Waals surface area contributed by atoms with Crippen LogP contribution in [0.5, 0.6) is 0 Å². The standard InChI is InChI=1S/C16H16ClFN2O/c1-10-11(16(21)19-2)5-3-8-15(10)20-9-12-13(17)6-4-7-14(12)18/h3-8,20H,9H2,1-2H3,(H,19,21). The SMILES string of the molecule is CNC(=O)c1cccc(NCc2c(F)cccc2Cl)c1C. The summed E-state index contributed by atoms with van der Waals surface area (Å²) < 4.78 is 13.7. The molecule has 0 aliphatic carbocycles. The second-order valence-electron chi connectivity index (χ2n) is 4.61. The summed E-state index contributed by atoms with van der Waals surface area (Å²) in [5, 5.41) is 6.10. The van der Waals surface area contributed by atoms with Gasteiger partial charge in [0.2, 0.25) is 0 Å². The van der Waals surface area contributed by atoms with Crippen molar-refractivity contribution in [3.63, 3.8) is 0 Å². The van der Waals surface area contributed by atoms with Crippen LogP contribution in [-0.2, 0) is 6.54 Å². The number of carbonyl (C=O) groups excluding carboxylic acids is 1. The summed E-state index contributed by atoms with van der Waals surface area (Å²) >= 11 is 6.00. The summed E-state index contributed by atoms with van der Waals surface area (Å²) in [5.74, 6) is -0.504. The van der Waals surface area contributed by atoms with Gasteiger partial charge in [-0.2, -0.15) is 0 Å². The molecule has 0 aliphatic rings. The number of anilines is 1. The Morgan fingerprint density at radius 3 is 2.62 bits per heavy atom. The van der Waals surface area contributed by atoms with Gasteiger partial charge in [0.1, 0.15) is 5.82 Å². The van der Waals surface area contributed by atoms with Gasteiger partial charge in [0, 0.05) is 35.4 Å². The molecule has 0 saturated carbocycles. The van der Waals surface area contributed by atoms with E-state index in [2.05, 4.69) is 10.6 Å². The van der Waals surface area contributed by atoms with E-state index in [9.17, 15) is 9.18 Å². The molecule has 0 unspecified atom stereocenters. The highest BCUT2D eigenvalue weighted by Crippen LogP contribution is 2.23. The lowest BCUT2D eigenvalue weighted by molar-refractivity contribution is 0.0962. The molecule has 0 aromatic heterocycles. The zero-order valence-corrected chi connectivity index (χ0v) is 12.6. The van der Waals surface area contributed by atoms with Crippen LogP contribution in [0.4, 0.5) is 10.1 Å². The lowest BCUT2D eigenvalue weighted by atomic mass is 10.1. The van der Waals surface area contributed by atoms with E-state index in [1.54, 1.807) is 31.3 Å². The number of rotatable bonds is 4. The summed E-state index contributed by atoms with van der Waals surface area (Å²) in [6, 6.07) is 9.96. The fourth-order valence-corrected chi connectivity index (χ4v) is 2.32. The molecule has 0 fully saturated rings. The molecule has 0 atom stereocenters. The van der Waals surface area contributed by atoms with E-state index in [1.807, 2.05) is 13.0 Å². The quantitative estimate of drug-likeness (QED) is 0.903. The molecule has 0 aliphatic heterocycles. The largest absolute Gasteiger partial charge is 0.381 e. The Morgan fingerprint density at radius 1 is 1.24 bits per heavy atom. The maximum absolute atomic E-state index is 13.7. The predicted molar refractivity (Wildman–Crippen MR) is 83.3 cm³/mol. The van der Waals surface area contributed by atoms with Crippen LogP contribution >= 0.6 is 11.6 Å². The number of nitrogens with one attached hydrogen (secondary N) is 2. The first-order chi connectivity index (χ1) is 10.0. The molecule has 2 aromatic carbocycles. The van der Waals surface area contributed by atoms with E-state index in [0.717, 1.165) is 11.3 Å². The lowest BCUT2D eigenvalue weighted by Gasteiger charge is -2.13. The minimum absolute atomic E-state index is 0.153. The van der Waals surface area contributed by atoms with Crippen molar-refractivity contribution in [2.75, 3.05) is 12.4 Å². The van der Waals surface area contributed by atoms with Crippen molar-refractivity contribution in [1.82, 2.24) is 5.32 Å². The first-order valence-electron chi connectivity index (χ1n) is 6.53.